The van der Waals surface area contributed by atoms with E-state index in [0.29, 0.717) is 12.0 Å². The topological polar surface area (TPSA) is 17.1 Å². The molecular weight excluding hydrogens is 398 g/mol. The second kappa shape index (κ2) is 9.91. The molecule has 0 atom stereocenters. The molecule has 0 heterocycles. The van der Waals surface area contributed by atoms with Gasteiger partial charge >= 0.3 is 12.4 Å². The van der Waals surface area contributed by atoms with Crippen LogP contribution in [0.2, 0.25) is 0 Å². The molecule has 0 aliphatic heterocycles. The molecule has 0 aliphatic carbocycles. The van der Waals surface area contributed by atoms with E-state index in [4.69, 9.17) is 0 Å². The Kier molecular flexibility index (Phi) is 8.55. The van der Waals surface area contributed by atoms with Crippen molar-refractivity contribution in [2.45, 2.75) is 28.6 Å². The Morgan fingerprint density at radius 3 is 1.81 bits per heavy atom. The van der Waals surface area contributed by atoms with E-state index in [-0.39, 0.29) is 16.2 Å². The van der Waals surface area contributed by atoms with Crippen molar-refractivity contribution in [3.8, 4) is 0 Å². The SMILES string of the molecule is FC(F)(F)c1ccccc1S.O=CCCSc1ccccc1C(F)(F)F. The van der Waals surface area contributed by atoms with Crippen LogP contribution < -0.4 is 0 Å². The van der Waals surface area contributed by atoms with Crippen molar-refractivity contribution in [3.05, 3.63) is 59.7 Å². The first-order chi connectivity index (χ1) is 12.1. The predicted molar refractivity (Wildman–Crippen MR) is 91.5 cm³/mol. The second-order valence-corrected chi connectivity index (χ2v) is 6.43. The molecular formula is C17H14F6OS2. The lowest BCUT2D eigenvalue weighted by molar-refractivity contribution is -0.140. The van der Waals surface area contributed by atoms with Gasteiger partial charge < -0.3 is 4.79 Å². The van der Waals surface area contributed by atoms with Crippen molar-refractivity contribution in [2.24, 2.45) is 0 Å². The summed E-state index contributed by atoms with van der Waals surface area (Å²) in [5.74, 6) is 0.372. The Balaban J connectivity index is 0.000000273. The van der Waals surface area contributed by atoms with Gasteiger partial charge in [0.1, 0.15) is 6.29 Å². The van der Waals surface area contributed by atoms with Crippen LogP contribution in [0.25, 0.3) is 0 Å². The molecule has 0 unspecified atom stereocenters. The minimum atomic E-state index is -4.33. The number of thiol groups is 1. The lowest BCUT2D eigenvalue weighted by Gasteiger charge is -2.11. The van der Waals surface area contributed by atoms with Crippen LogP contribution in [0.15, 0.2) is 58.3 Å². The normalized spacial score (nSPS) is 11.5. The lowest BCUT2D eigenvalue weighted by Crippen LogP contribution is -2.06. The van der Waals surface area contributed by atoms with E-state index in [0.717, 1.165) is 23.9 Å². The number of alkyl halides is 6. The van der Waals surface area contributed by atoms with Gasteiger partial charge in [-0.05, 0) is 24.3 Å². The molecule has 0 saturated heterocycles. The van der Waals surface area contributed by atoms with Gasteiger partial charge in [0, 0.05) is 22.0 Å². The highest BCUT2D eigenvalue weighted by Crippen LogP contribution is 2.36. The Bertz CT molecular complexity index is 713. The zero-order valence-corrected chi connectivity index (χ0v) is 14.9. The van der Waals surface area contributed by atoms with E-state index >= 15 is 0 Å². The van der Waals surface area contributed by atoms with Crippen LogP contribution in [-0.4, -0.2) is 12.0 Å². The van der Waals surface area contributed by atoms with Gasteiger partial charge in [-0.3, -0.25) is 0 Å². The van der Waals surface area contributed by atoms with Crippen LogP contribution in [-0.2, 0) is 17.1 Å². The van der Waals surface area contributed by atoms with Crippen molar-refractivity contribution in [1.82, 2.24) is 0 Å². The first-order valence-electron chi connectivity index (χ1n) is 7.15. The maximum Gasteiger partial charge on any atom is 0.417 e. The third-order valence-corrected chi connectivity index (χ3v) is 4.39. The molecule has 0 radical (unpaired) electrons. The molecule has 0 spiro atoms. The van der Waals surface area contributed by atoms with E-state index < -0.39 is 23.5 Å². The average Bonchev–Trinajstić information content (AvgIpc) is 2.54. The number of aldehydes is 1. The summed E-state index contributed by atoms with van der Waals surface area (Å²) in [4.78, 5) is 10.2. The molecule has 0 aromatic heterocycles. The Hall–Kier alpha value is -1.61. The van der Waals surface area contributed by atoms with Crippen molar-refractivity contribution < 1.29 is 31.1 Å². The molecule has 0 bridgehead atoms. The van der Waals surface area contributed by atoms with Gasteiger partial charge in [0.05, 0.1) is 11.1 Å². The summed E-state index contributed by atoms with van der Waals surface area (Å²) in [5.41, 5.74) is -1.33. The van der Waals surface area contributed by atoms with Crippen molar-refractivity contribution in [1.29, 1.82) is 0 Å². The van der Waals surface area contributed by atoms with E-state index in [9.17, 15) is 31.1 Å². The summed E-state index contributed by atoms with van der Waals surface area (Å²) in [5, 5.41) is 0. The number of benzene rings is 2. The summed E-state index contributed by atoms with van der Waals surface area (Å²) in [6.07, 6.45) is -7.66. The minimum Gasteiger partial charge on any atom is -0.303 e. The van der Waals surface area contributed by atoms with Crippen molar-refractivity contribution in [3.63, 3.8) is 0 Å². The summed E-state index contributed by atoms with van der Waals surface area (Å²) in [6, 6.07) is 10.5. The van der Waals surface area contributed by atoms with Gasteiger partial charge in [0.15, 0.2) is 0 Å². The summed E-state index contributed by atoms with van der Waals surface area (Å²) in [6.45, 7) is 0. The molecule has 26 heavy (non-hydrogen) atoms. The zero-order chi connectivity index (χ0) is 19.8. The molecule has 1 nitrogen and oxygen atoms in total. The fourth-order valence-corrected chi connectivity index (χ4v) is 2.99. The van der Waals surface area contributed by atoms with Gasteiger partial charge in [0.2, 0.25) is 0 Å². The van der Waals surface area contributed by atoms with Gasteiger partial charge in [-0.2, -0.15) is 26.3 Å². The van der Waals surface area contributed by atoms with E-state index in [1.165, 1.54) is 30.3 Å². The van der Waals surface area contributed by atoms with Crippen LogP contribution in [0.5, 0.6) is 0 Å². The van der Waals surface area contributed by atoms with E-state index in [2.05, 4.69) is 12.6 Å². The smallest absolute Gasteiger partial charge is 0.303 e. The highest BCUT2D eigenvalue weighted by Gasteiger charge is 2.33. The molecule has 2 rings (SSSR count). The summed E-state index contributed by atoms with van der Waals surface area (Å²) < 4.78 is 73.4. The number of carbonyl (C=O) groups excluding carboxylic acids is 1. The molecule has 9 heteroatoms. The number of carbonyl (C=O) groups is 1. The lowest BCUT2D eigenvalue weighted by atomic mass is 10.2. The minimum absolute atomic E-state index is 0.0417. The zero-order valence-electron chi connectivity index (χ0n) is 13.1. The molecule has 0 aliphatic rings. The summed E-state index contributed by atoms with van der Waals surface area (Å²) in [7, 11) is 0. The maximum absolute atomic E-state index is 12.5. The predicted octanol–water partition coefficient (Wildman–Crippen LogP) is 6.38. The largest absolute Gasteiger partial charge is 0.417 e. The number of hydrogen-bond donors (Lipinski definition) is 1. The highest BCUT2D eigenvalue weighted by molar-refractivity contribution is 7.99. The second-order valence-electron chi connectivity index (χ2n) is 4.81. The fraction of sp³-hybridized carbons (Fsp3) is 0.235. The number of rotatable bonds is 4. The van der Waals surface area contributed by atoms with Gasteiger partial charge in [-0.1, -0.05) is 24.3 Å². The number of halogens is 6. The van der Waals surface area contributed by atoms with Gasteiger partial charge in [0.25, 0.3) is 0 Å². The van der Waals surface area contributed by atoms with Crippen LogP contribution >= 0.6 is 24.4 Å². The van der Waals surface area contributed by atoms with Gasteiger partial charge in [-0.25, -0.2) is 0 Å². The number of hydrogen-bond acceptors (Lipinski definition) is 3. The Morgan fingerprint density at radius 2 is 1.35 bits per heavy atom. The van der Waals surface area contributed by atoms with Crippen LogP contribution in [0.4, 0.5) is 26.3 Å². The molecule has 0 amide bonds. The maximum atomic E-state index is 12.5. The molecule has 142 valence electrons. The van der Waals surface area contributed by atoms with Crippen molar-refractivity contribution in [2.75, 3.05) is 5.75 Å². The van der Waals surface area contributed by atoms with Gasteiger partial charge in [-0.15, -0.1) is 24.4 Å². The fourth-order valence-electron chi connectivity index (χ4n) is 1.76. The third kappa shape index (κ3) is 7.33. The van der Waals surface area contributed by atoms with Crippen LogP contribution in [0.1, 0.15) is 17.5 Å². The van der Waals surface area contributed by atoms with E-state index in [1.807, 2.05) is 0 Å². The molecule has 0 N–H and O–H groups in total. The standard InChI is InChI=1S/C10H9F3OS.C7H5F3S/c11-10(12,13)8-4-1-2-5-9(8)15-7-3-6-14;8-7(9,10)5-3-1-2-4-6(5)11/h1-2,4-6H,3,7H2;1-4,11H. The third-order valence-electron chi connectivity index (χ3n) is 2.90. The molecule has 0 fully saturated rings. The Morgan fingerprint density at radius 1 is 0.846 bits per heavy atom. The highest BCUT2D eigenvalue weighted by atomic mass is 32.2. The Labute approximate surface area is 156 Å². The summed E-state index contributed by atoms with van der Waals surface area (Å²) >= 11 is 4.72. The average molecular weight is 412 g/mol. The van der Waals surface area contributed by atoms with Crippen molar-refractivity contribution >= 4 is 30.7 Å². The van der Waals surface area contributed by atoms with Crippen LogP contribution in [0.3, 0.4) is 0 Å². The monoisotopic (exact) mass is 412 g/mol. The molecule has 2 aromatic rings. The van der Waals surface area contributed by atoms with E-state index in [1.54, 1.807) is 6.07 Å². The number of thioether (sulfide) groups is 1. The molecule has 0 saturated carbocycles. The molecule has 2 aromatic carbocycles. The first-order valence-corrected chi connectivity index (χ1v) is 8.58. The van der Waals surface area contributed by atoms with Crippen LogP contribution in [0, 0.1) is 0 Å². The first kappa shape index (κ1) is 22.4. The quantitative estimate of drug-likeness (QED) is 0.206.